The van der Waals surface area contributed by atoms with E-state index in [1.165, 1.54) is 6.07 Å². The molecule has 0 unspecified atom stereocenters. The van der Waals surface area contributed by atoms with E-state index >= 15 is 0 Å². The van der Waals surface area contributed by atoms with Crippen LogP contribution >= 0.6 is 11.6 Å². The van der Waals surface area contributed by atoms with Crippen LogP contribution in [0.15, 0.2) is 77.3 Å². The molecule has 0 radical (unpaired) electrons. The molecule has 0 atom stereocenters. The molecule has 0 saturated carbocycles. The van der Waals surface area contributed by atoms with Gasteiger partial charge in [0, 0.05) is 22.6 Å². The largest absolute Gasteiger partial charge is 0.334 e. The first-order chi connectivity index (χ1) is 13.7. The molecule has 4 rings (SSSR count). The van der Waals surface area contributed by atoms with Crippen LogP contribution in [0.3, 0.4) is 0 Å². The minimum atomic E-state index is -0.333. The van der Waals surface area contributed by atoms with Crippen molar-refractivity contribution < 1.29 is 8.91 Å². The summed E-state index contributed by atoms with van der Waals surface area (Å²) in [6.45, 7) is 4.00. The number of benzene rings is 3. The van der Waals surface area contributed by atoms with Crippen LogP contribution in [0.1, 0.15) is 19.4 Å². The minimum absolute atomic E-state index is 0.278. The number of hydrogen-bond donors (Lipinski definition) is 0. The molecule has 0 N–H and O–H groups in total. The lowest BCUT2D eigenvalue weighted by Gasteiger charge is -2.04. The molecule has 0 fully saturated rings. The van der Waals surface area contributed by atoms with E-state index in [0.717, 1.165) is 16.7 Å². The van der Waals surface area contributed by atoms with Crippen LogP contribution in [-0.4, -0.2) is 10.1 Å². The van der Waals surface area contributed by atoms with Gasteiger partial charge in [-0.25, -0.2) is 4.39 Å². The summed E-state index contributed by atoms with van der Waals surface area (Å²) in [5.41, 5.74) is 3.72. The Balaban J connectivity index is 0.00000109. The summed E-state index contributed by atoms with van der Waals surface area (Å²) in [5, 5.41) is 3.99. The molecule has 142 valence electrons. The monoisotopic (exact) mass is 394 g/mol. The molecule has 3 aromatic carbocycles. The lowest BCUT2D eigenvalue weighted by Crippen LogP contribution is -1.87. The van der Waals surface area contributed by atoms with Gasteiger partial charge >= 0.3 is 0 Å². The summed E-state index contributed by atoms with van der Waals surface area (Å²) in [7, 11) is 0. The van der Waals surface area contributed by atoms with Crippen molar-refractivity contribution in [2.75, 3.05) is 0 Å². The van der Waals surface area contributed by atoms with Gasteiger partial charge in [-0.3, -0.25) is 0 Å². The topological polar surface area (TPSA) is 38.9 Å². The molecule has 0 bridgehead atoms. The smallest absolute Gasteiger partial charge is 0.258 e. The number of hydrogen-bond acceptors (Lipinski definition) is 3. The summed E-state index contributed by atoms with van der Waals surface area (Å²) >= 11 is 5.80. The maximum Gasteiger partial charge on any atom is 0.258 e. The number of rotatable bonds is 4. The quantitative estimate of drug-likeness (QED) is 0.350. The Morgan fingerprint density at radius 2 is 1.54 bits per heavy atom. The molecule has 1 aromatic heterocycles. The fourth-order valence-corrected chi connectivity index (χ4v) is 2.88. The Hall–Kier alpha value is -2.98. The summed E-state index contributed by atoms with van der Waals surface area (Å²) in [5.74, 6) is 0.846. The van der Waals surface area contributed by atoms with Crippen LogP contribution in [0.4, 0.5) is 4.39 Å². The standard InChI is InChI=1S/C21H14ClFN2O.C2H6/c22-13-14-6-8-16(9-7-14)20-24-21(26-25-20)17-10-11-18(19(23)12-17)15-4-2-1-3-5-15;1-2/h1-12H,13H2;1-2H3. The molecule has 28 heavy (non-hydrogen) atoms. The molecular weight excluding hydrogens is 375 g/mol. The second-order valence-corrected chi connectivity index (χ2v) is 6.08. The number of alkyl halides is 1. The van der Waals surface area contributed by atoms with E-state index in [0.29, 0.717) is 22.8 Å². The zero-order valence-electron chi connectivity index (χ0n) is 15.7. The average molecular weight is 395 g/mol. The predicted molar refractivity (Wildman–Crippen MR) is 111 cm³/mol. The second-order valence-electron chi connectivity index (χ2n) is 5.81. The third-order valence-electron chi connectivity index (χ3n) is 4.09. The van der Waals surface area contributed by atoms with Gasteiger partial charge in [0.15, 0.2) is 0 Å². The van der Waals surface area contributed by atoms with E-state index in [2.05, 4.69) is 10.1 Å². The van der Waals surface area contributed by atoms with Gasteiger partial charge in [0.1, 0.15) is 5.82 Å². The van der Waals surface area contributed by atoms with E-state index in [1.807, 2.05) is 68.4 Å². The summed E-state index contributed by atoms with van der Waals surface area (Å²) < 4.78 is 19.8. The van der Waals surface area contributed by atoms with E-state index < -0.39 is 0 Å². The number of nitrogens with zero attached hydrogens (tertiary/aromatic N) is 2. The van der Waals surface area contributed by atoms with Crippen LogP contribution < -0.4 is 0 Å². The van der Waals surface area contributed by atoms with E-state index in [-0.39, 0.29) is 11.7 Å². The molecule has 0 saturated heterocycles. The minimum Gasteiger partial charge on any atom is -0.334 e. The first-order valence-corrected chi connectivity index (χ1v) is 9.62. The van der Waals surface area contributed by atoms with Crippen LogP contribution in [-0.2, 0) is 5.88 Å². The SMILES string of the molecule is CC.Fc1cc(-c2nc(-c3ccc(CCl)cc3)no2)ccc1-c1ccccc1. The predicted octanol–water partition coefficient (Wildman–Crippen LogP) is 6.97. The van der Waals surface area contributed by atoms with Gasteiger partial charge < -0.3 is 4.52 Å². The van der Waals surface area contributed by atoms with Crippen LogP contribution in [0, 0.1) is 5.82 Å². The van der Waals surface area contributed by atoms with Crippen molar-refractivity contribution in [1.82, 2.24) is 10.1 Å². The third-order valence-corrected chi connectivity index (χ3v) is 4.40. The van der Waals surface area contributed by atoms with Crippen molar-refractivity contribution >= 4 is 11.6 Å². The van der Waals surface area contributed by atoms with Crippen molar-refractivity contribution in [1.29, 1.82) is 0 Å². The second kappa shape index (κ2) is 9.29. The van der Waals surface area contributed by atoms with E-state index in [1.54, 1.807) is 12.1 Å². The zero-order chi connectivity index (χ0) is 19.9. The fraction of sp³-hybridized carbons (Fsp3) is 0.130. The lowest BCUT2D eigenvalue weighted by atomic mass is 10.0. The summed E-state index contributed by atoms with van der Waals surface area (Å²) in [6, 6.07) is 21.9. The molecule has 0 aliphatic carbocycles. The molecule has 4 aromatic rings. The normalized spacial score (nSPS) is 10.3. The summed E-state index contributed by atoms with van der Waals surface area (Å²) in [4.78, 5) is 4.37. The van der Waals surface area contributed by atoms with Crippen LogP contribution in [0.25, 0.3) is 34.0 Å². The number of halogens is 2. The maximum atomic E-state index is 14.5. The first kappa shape index (κ1) is 19.8. The highest BCUT2D eigenvalue weighted by molar-refractivity contribution is 6.17. The van der Waals surface area contributed by atoms with Crippen molar-refractivity contribution in [2.24, 2.45) is 0 Å². The van der Waals surface area contributed by atoms with Gasteiger partial charge in [0.25, 0.3) is 5.89 Å². The lowest BCUT2D eigenvalue weighted by molar-refractivity contribution is 0.432. The van der Waals surface area contributed by atoms with Gasteiger partial charge in [-0.1, -0.05) is 79.7 Å². The number of aromatic nitrogens is 2. The van der Waals surface area contributed by atoms with Crippen LogP contribution in [0.2, 0.25) is 0 Å². The van der Waals surface area contributed by atoms with Gasteiger partial charge in [-0.2, -0.15) is 4.98 Å². The molecule has 0 aliphatic rings. The molecule has 0 amide bonds. The Morgan fingerprint density at radius 3 is 2.18 bits per heavy atom. The Bertz CT molecular complexity index is 1030. The summed E-state index contributed by atoms with van der Waals surface area (Å²) in [6.07, 6.45) is 0. The van der Waals surface area contributed by atoms with E-state index in [4.69, 9.17) is 16.1 Å². The van der Waals surface area contributed by atoms with Gasteiger partial charge in [0.05, 0.1) is 0 Å². The highest BCUT2D eigenvalue weighted by atomic mass is 35.5. The molecule has 5 heteroatoms. The molecule has 3 nitrogen and oxygen atoms in total. The molecular formula is C23H20ClFN2O. The highest BCUT2D eigenvalue weighted by Gasteiger charge is 2.13. The van der Waals surface area contributed by atoms with Crippen molar-refractivity contribution in [3.05, 3.63) is 84.2 Å². The molecule has 1 heterocycles. The van der Waals surface area contributed by atoms with Crippen molar-refractivity contribution in [3.8, 4) is 34.0 Å². The fourth-order valence-electron chi connectivity index (χ4n) is 2.70. The van der Waals surface area contributed by atoms with Crippen LogP contribution in [0.5, 0.6) is 0 Å². The van der Waals surface area contributed by atoms with Gasteiger partial charge in [-0.05, 0) is 23.3 Å². The molecule has 0 aliphatic heterocycles. The Kier molecular flexibility index (Phi) is 6.56. The van der Waals surface area contributed by atoms with Gasteiger partial charge in [0.2, 0.25) is 5.82 Å². The zero-order valence-corrected chi connectivity index (χ0v) is 16.4. The average Bonchev–Trinajstić information content (AvgIpc) is 3.26. The maximum absolute atomic E-state index is 14.5. The first-order valence-electron chi connectivity index (χ1n) is 9.09. The molecule has 0 spiro atoms. The third kappa shape index (κ3) is 4.29. The highest BCUT2D eigenvalue weighted by Crippen LogP contribution is 2.28. The van der Waals surface area contributed by atoms with Gasteiger partial charge in [-0.15, -0.1) is 11.6 Å². The Morgan fingerprint density at radius 1 is 0.857 bits per heavy atom. The van der Waals surface area contributed by atoms with Crippen molar-refractivity contribution in [3.63, 3.8) is 0 Å². The van der Waals surface area contributed by atoms with E-state index in [9.17, 15) is 4.39 Å². The Labute approximate surface area is 168 Å². The van der Waals surface area contributed by atoms with Crippen molar-refractivity contribution in [2.45, 2.75) is 19.7 Å².